The lowest BCUT2D eigenvalue weighted by molar-refractivity contribution is -0.137. The Morgan fingerprint density at radius 1 is 1.26 bits per heavy atom. The summed E-state index contributed by atoms with van der Waals surface area (Å²) in [6.07, 6.45) is -2.95. The van der Waals surface area contributed by atoms with Gasteiger partial charge in [0.1, 0.15) is 5.69 Å². The van der Waals surface area contributed by atoms with Gasteiger partial charge in [-0.3, -0.25) is 9.48 Å². The summed E-state index contributed by atoms with van der Waals surface area (Å²) >= 11 is 0. The Balaban J connectivity index is 1.73. The number of anilines is 2. The largest absolute Gasteiger partial charge is 0.416 e. The van der Waals surface area contributed by atoms with Crippen molar-refractivity contribution in [2.45, 2.75) is 19.1 Å². The van der Waals surface area contributed by atoms with Crippen molar-refractivity contribution in [3.05, 3.63) is 47.8 Å². The zero-order valence-electron chi connectivity index (χ0n) is 14.1. The molecule has 0 saturated carbocycles. The average Bonchev–Trinajstić information content (AvgIpc) is 3.24. The Labute approximate surface area is 151 Å². The molecule has 0 radical (unpaired) electrons. The smallest absolute Gasteiger partial charge is 0.381 e. The lowest BCUT2D eigenvalue weighted by atomic mass is 10.1. The molecule has 2 N–H and O–H groups in total. The van der Waals surface area contributed by atoms with E-state index >= 15 is 0 Å². The van der Waals surface area contributed by atoms with E-state index in [4.69, 9.17) is 10.3 Å². The van der Waals surface area contributed by atoms with E-state index in [0.29, 0.717) is 17.0 Å². The van der Waals surface area contributed by atoms with Crippen LogP contribution in [-0.4, -0.2) is 27.4 Å². The van der Waals surface area contributed by atoms with Gasteiger partial charge in [0.05, 0.1) is 23.4 Å². The van der Waals surface area contributed by atoms with Gasteiger partial charge in [-0.1, -0.05) is 5.16 Å². The second-order valence-electron chi connectivity index (χ2n) is 6.28. The minimum atomic E-state index is -4.43. The van der Waals surface area contributed by atoms with Crippen LogP contribution in [0.1, 0.15) is 29.0 Å². The third kappa shape index (κ3) is 2.82. The minimum Gasteiger partial charge on any atom is -0.381 e. The number of carbonyl (C=O) groups is 1. The molecule has 1 aliphatic heterocycles. The van der Waals surface area contributed by atoms with E-state index in [1.165, 1.54) is 29.3 Å². The van der Waals surface area contributed by atoms with Crippen LogP contribution in [-0.2, 0) is 6.18 Å². The fourth-order valence-corrected chi connectivity index (χ4v) is 3.11. The first-order valence-corrected chi connectivity index (χ1v) is 8.05. The van der Waals surface area contributed by atoms with Crippen LogP contribution in [0.2, 0.25) is 0 Å². The highest BCUT2D eigenvalue weighted by Crippen LogP contribution is 2.35. The summed E-state index contributed by atoms with van der Waals surface area (Å²) in [6, 6.07) is 5.77. The monoisotopic (exact) mass is 377 g/mol. The third-order valence-electron chi connectivity index (χ3n) is 4.41. The Morgan fingerprint density at radius 2 is 1.96 bits per heavy atom. The quantitative estimate of drug-likeness (QED) is 0.740. The molecule has 3 heterocycles. The van der Waals surface area contributed by atoms with Crippen LogP contribution in [0, 0.1) is 0 Å². The molecule has 1 aromatic carbocycles. The number of hydrogen-bond acceptors (Lipinski definition) is 5. The molecule has 4 rings (SSSR count). The maximum Gasteiger partial charge on any atom is 0.416 e. The average molecular weight is 377 g/mol. The molecule has 2 aromatic heterocycles. The molecule has 0 bridgehead atoms. The molecule has 27 heavy (non-hydrogen) atoms. The summed E-state index contributed by atoms with van der Waals surface area (Å²) < 4.78 is 45.0. The fraction of sp³-hybridized carbons (Fsp3) is 0.235. The molecular weight excluding hydrogens is 363 g/mol. The Hall–Kier alpha value is -3.30. The first-order valence-electron chi connectivity index (χ1n) is 8.05. The molecule has 140 valence electrons. The molecule has 7 nitrogen and oxygen atoms in total. The number of amides is 1. The van der Waals surface area contributed by atoms with Gasteiger partial charge in [-0.15, -0.1) is 0 Å². The molecule has 0 aliphatic carbocycles. The van der Waals surface area contributed by atoms with Crippen LogP contribution >= 0.6 is 0 Å². The van der Waals surface area contributed by atoms with Crippen LogP contribution in [0.4, 0.5) is 24.7 Å². The van der Waals surface area contributed by atoms with E-state index in [-0.39, 0.29) is 24.1 Å². The Kier molecular flexibility index (Phi) is 3.72. The van der Waals surface area contributed by atoms with E-state index in [2.05, 4.69) is 10.3 Å². The summed E-state index contributed by atoms with van der Waals surface area (Å²) in [4.78, 5) is 14.5. The summed E-state index contributed by atoms with van der Waals surface area (Å²) in [5, 5.41) is 7.85. The van der Waals surface area contributed by atoms with Crippen molar-refractivity contribution in [2.75, 3.05) is 17.2 Å². The van der Waals surface area contributed by atoms with Crippen molar-refractivity contribution in [3.8, 4) is 11.3 Å². The van der Waals surface area contributed by atoms with Gasteiger partial charge in [-0.05, 0) is 31.2 Å². The van der Waals surface area contributed by atoms with Crippen LogP contribution in [0.25, 0.3) is 11.3 Å². The second-order valence-corrected chi connectivity index (χ2v) is 6.28. The predicted molar refractivity (Wildman–Crippen MR) is 90.0 cm³/mol. The molecular formula is C17H14F3N5O2. The second kappa shape index (κ2) is 5.86. The van der Waals surface area contributed by atoms with Gasteiger partial charge >= 0.3 is 6.18 Å². The lowest BCUT2D eigenvalue weighted by Crippen LogP contribution is -2.42. The Morgan fingerprint density at radius 3 is 2.56 bits per heavy atom. The van der Waals surface area contributed by atoms with E-state index < -0.39 is 17.6 Å². The molecule has 0 unspecified atom stereocenters. The summed E-state index contributed by atoms with van der Waals surface area (Å²) in [5.41, 5.74) is 5.86. The SMILES string of the molecule is C[C@H]1CN(c2ccc(C(F)(F)F)cc2)C(=O)c2c(-c3cc(N)no3)cnn21. The molecule has 0 fully saturated rings. The van der Waals surface area contributed by atoms with Gasteiger partial charge < -0.3 is 15.2 Å². The Bertz CT molecular complexity index is 1010. The first kappa shape index (κ1) is 17.1. The highest BCUT2D eigenvalue weighted by atomic mass is 19.4. The van der Waals surface area contributed by atoms with Gasteiger partial charge in [0, 0.05) is 18.3 Å². The third-order valence-corrected chi connectivity index (χ3v) is 4.41. The minimum absolute atomic E-state index is 0.167. The number of alkyl halides is 3. The fourth-order valence-electron chi connectivity index (χ4n) is 3.11. The molecule has 10 heteroatoms. The maximum atomic E-state index is 13.1. The van der Waals surface area contributed by atoms with E-state index in [0.717, 1.165) is 12.1 Å². The van der Waals surface area contributed by atoms with Gasteiger partial charge in [0.25, 0.3) is 5.91 Å². The highest BCUT2D eigenvalue weighted by Gasteiger charge is 2.35. The molecule has 0 saturated heterocycles. The van der Waals surface area contributed by atoms with Crippen molar-refractivity contribution in [2.24, 2.45) is 0 Å². The first-order chi connectivity index (χ1) is 12.8. The lowest BCUT2D eigenvalue weighted by Gasteiger charge is -2.32. The predicted octanol–water partition coefficient (Wildman–Crippen LogP) is 3.36. The van der Waals surface area contributed by atoms with Crippen molar-refractivity contribution < 1.29 is 22.5 Å². The summed E-state index contributed by atoms with van der Waals surface area (Å²) in [5.74, 6) is 0.0692. The standard InChI is InChI=1S/C17H14F3N5O2/c1-9-8-24(11-4-2-10(3-5-11)17(18,19)20)16(26)15-12(7-22-25(9)15)13-6-14(21)23-27-13/h2-7,9H,8H2,1H3,(H2,21,23)/t9-/m0/s1. The van der Waals surface area contributed by atoms with Crippen molar-refractivity contribution in [1.82, 2.24) is 14.9 Å². The molecule has 0 spiro atoms. The highest BCUT2D eigenvalue weighted by molar-refractivity contribution is 6.09. The molecule has 1 atom stereocenters. The zero-order chi connectivity index (χ0) is 19.3. The van der Waals surface area contributed by atoms with E-state index in [1.807, 2.05) is 6.92 Å². The van der Waals surface area contributed by atoms with E-state index in [1.54, 1.807) is 4.68 Å². The summed E-state index contributed by atoms with van der Waals surface area (Å²) in [7, 11) is 0. The number of hydrogen-bond donors (Lipinski definition) is 1. The van der Waals surface area contributed by atoms with Crippen LogP contribution in [0.3, 0.4) is 0 Å². The number of halogens is 3. The van der Waals surface area contributed by atoms with Gasteiger partial charge in [0.2, 0.25) is 0 Å². The van der Waals surface area contributed by atoms with Crippen LogP contribution in [0.15, 0.2) is 41.1 Å². The van der Waals surface area contributed by atoms with Crippen molar-refractivity contribution in [3.63, 3.8) is 0 Å². The van der Waals surface area contributed by atoms with Gasteiger partial charge in [-0.25, -0.2) is 0 Å². The number of nitrogens with zero attached hydrogens (tertiary/aromatic N) is 4. The molecule has 3 aromatic rings. The van der Waals surface area contributed by atoms with Crippen LogP contribution in [0.5, 0.6) is 0 Å². The number of nitrogen functional groups attached to an aromatic ring is 1. The number of carbonyl (C=O) groups excluding carboxylic acids is 1. The van der Waals surface area contributed by atoms with Crippen molar-refractivity contribution >= 4 is 17.4 Å². The topological polar surface area (TPSA) is 90.2 Å². The molecule has 1 amide bonds. The number of nitrogens with two attached hydrogens (primary N) is 1. The maximum absolute atomic E-state index is 13.1. The van der Waals surface area contributed by atoms with Gasteiger partial charge in [-0.2, -0.15) is 18.3 Å². The van der Waals surface area contributed by atoms with Crippen molar-refractivity contribution in [1.29, 1.82) is 0 Å². The normalized spacial score (nSPS) is 17.3. The molecule has 1 aliphatic rings. The summed E-state index contributed by atoms with van der Waals surface area (Å²) in [6.45, 7) is 2.13. The number of benzene rings is 1. The van der Waals surface area contributed by atoms with Crippen LogP contribution < -0.4 is 10.6 Å². The number of aromatic nitrogens is 3. The zero-order valence-corrected chi connectivity index (χ0v) is 14.1. The number of fused-ring (bicyclic) bond motifs is 1. The number of rotatable bonds is 2. The van der Waals surface area contributed by atoms with E-state index in [9.17, 15) is 18.0 Å². The van der Waals surface area contributed by atoms with Gasteiger partial charge in [0.15, 0.2) is 11.6 Å².